The first-order valence-corrected chi connectivity index (χ1v) is 5.20. The van der Waals surface area contributed by atoms with Gasteiger partial charge in [0.1, 0.15) is 5.75 Å². The van der Waals surface area contributed by atoms with Gasteiger partial charge in [-0.2, -0.15) is 0 Å². The van der Waals surface area contributed by atoms with Gasteiger partial charge < -0.3 is 15.8 Å². The van der Waals surface area contributed by atoms with Crippen molar-refractivity contribution < 1.29 is 4.74 Å². The van der Waals surface area contributed by atoms with E-state index in [0.717, 1.165) is 17.9 Å². The molecule has 3 heteroatoms. The van der Waals surface area contributed by atoms with E-state index in [9.17, 15) is 0 Å². The van der Waals surface area contributed by atoms with Crippen LogP contribution in [0.5, 0.6) is 5.75 Å². The topological polar surface area (TPSA) is 47.3 Å². The normalized spacial score (nSPS) is 11.2. The first-order chi connectivity index (χ1) is 7.09. The maximum Gasteiger partial charge on any atom is 0.141 e. The van der Waals surface area contributed by atoms with Gasteiger partial charge in [0.25, 0.3) is 0 Å². The molecule has 0 spiro atoms. The van der Waals surface area contributed by atoms with Crippen molar-refractivity contribution in [3.8, 4) is 5.75 Å². The number of nitrogens with one attached hydrogen (secondary N) is 1. The van der Waals surface area contributed by atoms with Crippen molar-refractivity contribution in [2.24, 2.45) is 5.73 Å². The molecule has 3 N–H and O–H groups in total. The van der Waals surface area contributed by atoms with E-state index in [4.69, 9.17) is 10.5 Å². The van der Waals surface area contributed by atoms with E-state index >= 15 is 0 Å². The molecule has 1 aromatic rings. The van der Waals surface area contributed by atoms with Gasteiger partial charge in [0.05, 0.1) is 12.8 Å². The zero-order valence-electron chi connectivity index (χ0n) is 9.71. The fraction of sp³-hybridized carbons (Fsp3) is 0.500. The maximum atomic E-state index is 5.57. The van der Waals surface area contributed by atoms with Crippen LogP contribution in [-0.2, 0) is 0 Å². The van der Waals surface area contributed by atoms with E-state index in [2.05, 4.69) is 19.2 Å². The zero-order valence-corrected chi connectivity index (χ0v) is 9.71. The van der Waals surface area contributed by atoms with Gasteiger partial charge in [-0.25, -0.2) is 0 Å². The van der Waals surface area contributed by atoms with Crippen LogP contribution in [0.4, 0.5) is 5.69 Å². The minimum atomic E-state index is -0.0105. The first kappa shape index (κ1) is 11.9. The summed E-state index contributed by atoms with van der Waals surface area (Å²) in [4.78, 5) is 0. The van der Waals surface area contributed by atoms with E-state index in [1.807, 2.05) is 24.3 Å². The Morgan fingerprint density at radius 3 is 2.60 bits per heavy atom. The zero-order chi connectivity index (χ0) is 11.3. The summed E-state index contributed by atoms with van der Waals surface area (Å²) in [5.74, 6) is 0.864. The predicted octanol–water partition coefficient (Wildman–Crippen LogP) is 2.23. The highest BCUT2D eigenvalue weighted by Crippen LogP contribution is 2.27. The van der Waals surface area contributed by atoms with Crippen LogP contribution < -0.4 is 15.8 Å². The van der Waals surface area contributed by atoms with E-state index in [0.29, 0.717) is 6.54 Å². The van der Waals surface area contributed by atoms with Gasteiger partial charge in [0, 0.05) is 5.54 Å². The number of benzene rings is 1. The summed E-state index contributed by atoms with van der Waals surface area (Å²) >= 11 is 0. The van der Waals surface area contributed by atoms with E-state index in [-0.39, 0.29) is 5.54 Å². The maximum absolute atomic E-state index is 5.57. The second-order valence-corrected chi connectivity index (χ2v) is 4.25. The number of rotatable bonds is 5. The molecular weight excluding hydrogens is 188 g/mol. The number of nitrogens with two attached hydrogens (primary N) is 1. The highest BCUT2D eigenvalue weighted by Gasteiger charge is 2.17. The van der Waals surface area contributed by atoms with Gasteiger partial charge in [-0.1, -0.05) is 12.1 Å². The van der Waals surface area contributed by atoms with Crippen molar-refractivity contribution in [3.05, 3.63) is 24.3 Å². The summed E-state index contributed by atoms with van der Waals surface area (Å²) in [6.45, 7) is 4.94. The molecule has 1 aromatic carbocycles. The monoisotopic (exact) mass is 208 g/mol. The lowest BCUT2D eigenvalue weighted by molar-refractivity contribution is 0.413. The number of anilines is 1. The molecule has 0 aromatic heterocycles. The van der Waals surface area contributed by atoms with Gasteiger partial charge in [-0.05, 0) is 38.9 Å². The third-order valence-corrected chi connectivity index (χ3v) is 2.35. The minimum Gasteiger partial charge on any atom is -0.495 e. The van der Waals surface area contributed by atoms with Gasteiger partial charge in [-0.15, -0.1) is 0 Å². The number of methoxy groups -OCH3 is 1. The van der Waals surface area contributed by atoms with Crippen LogP contribution in [0.15, 0.2) is 24.3 Å². The fourth-order valence-electron chi connectivity index (χ4n) is 1.54. The molecule has 0 atom stereocenters. The SMILES string of the molecule is COc1ccccc1NC(C)(C)CCN. The van der Waals surface area contributed by atoms with Gasteiger partial charge in [0.15, 0.2) is 0 Å². The van der Waals surface area contributed by atoms with Gasteiger partial charge >= 0.3 is 0 Å². The lowest BCUT2D eigenvalue weighted by Gasteiger charge is -2.27. The van der Waals surface area contributed by atoms with Crippen molar-refractivity contribution in [1.82, 2.24) is 0 Å². The molecule has 0 heterocycles. The van der Waals surface area contributed by atoms with E-state index < -0.39 is 0 Å². The lowest BCUT2D eigenvalue weighted by Crippen LogP contribution is -2.33. The largest absolute Gasteiger partial charge is 0.495 e. The van der Waals surface area contributed by atoms with Gasteiger partial charge in [0.2, 0.25) is 0 Å². The molecule has 1 rings (SSSR count). The molecule has 0 bridgehead atoms. The standard InChI is InChI=1S/C12H20N2O/c1-12(2,8-9-13)14-10-6-4-5-7-11(10)15-3/h4-7,14H,8-9,13H2,1-3H3. The van der Waals surface area contributed by atoms with Crippen LogP contribution in [0.2, 0.25) is 0 Å². The predicted molar refractivity (Wildman–Crippen MR) is 64.4 cm³/mol. The third kappa shape index (κ3) is 3.44. The molecule has 0 saturated carbocycles. The number of hydrogen-bond donors (Lipinski definition) is 2. The average molecular weight is 208 g/mol. The van der Waals surface area contributed by atoms with Crippen LogP contribution in [-0.4, -0.2) is 19.2 Å². The van der Waals surface area contributed by atoms with Crippen molar-refractivity contribution in [2.45, 2.75) is 25.8 Å². The Morgan fingerprint density at radius 1 is 1.33 bits per heavy atom. The summed E-state index contributed by atoms with van der Waals surface area (Å²) in [6, 6.07) is 7.90. The molecule has 84 valence electrons. The van der Waals surface area contributed by atoms with Crippen molar-refractivity contribution in [1.29, 1.82) is 0 Å². The Bertz CT molecular complexity index is 310. The number of ether oxygens (including phenoxy) is 1. The number of para-hydroxylation sites is 2. The van der Waals surface area contributed by atoms with Crippen molar-refractivity contribution in [2.75, 3.05) is 19.0 Å². The van der Waals surface area contributed by atoms with Crippen LogP contribution in [0.1, 0.15) is 20.3 Å². The van der Waals surface area contributed by atoms with Gasteiger partial charge in [-0.3, -0.25) is 0 Å². The van der Waals surface area contributed by atoms with Crippen molar-refractivity contribution >= 4 is 5.69 Å². The summed E-state index contributed by atoms with van der Waals surface area (Å²) < 4.78 is 5.28. The van der Waals surface area contributed by atoms with Crippen molar-refractivity contribution in [3.63, 3.8) is 0 Å². The molecule has 0 unspecified atom stereocenters. The van der Waals surface area contributed by atoms with Crippen LogP contribution in [0.25, 0.3) is 0 Å². The molecule has 0 aliphatic rings. The van der Waals surface area contributed by atoms with Crippen LogP contribution in [0, 0.1) is 0 Å². The molecule has 0 fully saturated rings. The summed E-state index contributed by atoms with van der Waals surface area (Å²) in [5.41, 5.74) is 6.57. The quantitative estimate of drug-likeness (QED) is 0.780. The Kier molecular flexibility index (Phi) is 3.97. The number of hydrogen-bond acceptors (Lipinski definition) is 3. The van der Waals surface area contributed by atoms with E-state index in [1.165, 1.54) is 0 Å². The van der Waals surface area contributed by atoms with E-state index in [1.54, 1.807) is 7.11 Å². The molecule has 0 saturated heterocycles. The molecule has 0 radical (unpaired) electrons. The Labute approximate surface area is 91.6 Å². The first-order valence-electron chi connectivity index (χ1n) is 5.20. The summed E-state index contributed by atoms with van der Waals surface area (Å²) in [5, 5.41) is 3.43. The Balaban J connectivity index is 2.79. The summed E-state index contributed by atoms with van der Waals surface area (Å²) in [7, 11) is 1.68. The smallest absolute Gasteiger partial charge is 0.141 e. The molecule has 0 amide bonds. The second kappa shape index (κ2) is 5.03. The Morgan fingerprint density at radius 2 is 2.00 bits per heavy atom. The summed E-state index contributed by atoms with van der Waals surface area (Å²) in [6.07, 6.45) is 0.922. The molecule has 0 aliphatic carbocycles. The molecule has 3 nitrogen and oxygen atoms in total. The highest BCUT2D eigenvalue weighted by molar-refractivity contribution is 5.57. The molecule has 15 heavy (non-hydrogen) atoms. The Hall–Kier alpha value is -1.22. The van der Waals surface area contributed by atoms with Crippen LogP contribution in [0.3, 0.4) is 0 Å². The lowest BCUT2D eigenvalue weighted by atomic mass is 10.0. The average Bonchev–Trinajstić information content (AvgIpc) is 2.17. The highest BCUT2D eigenvalue weighted by atomic mass is 16.5. The second-order valence-electron chi connectivity index (χ2n) is 4.25. The third-order valence-electron chi connectivity index (χ3n) is 2.35. The van der Waals surface area contributed by atoms with Crippen LogP contribution >= 0.6 is 0 Å². The minimum absolute atomic E-state index is 0.0105. The molecule has 0 aliphatic heterocycles. The fourth-order valence-corrected chi connectivity index (χ4v) is 1.54. The molecular formula is C12H20N2O.